The molecule has 0 radical (unpaired) electrons. The van der Waals surface area contributed by atoms with Crippen LogP contribution in [0.15, 0.2) is 29.2 Å². The Morgan fingerprint density at radius 2 is 1.85 bits per heavy atom. The van der Waals surface area contributed by atoms with Gasteiger partial charge in [-0.15, -0.1) is 5.10 Å². The molecule has 0 saturated carbocycles. The molecule has 2 aromatic heterocycles. The molecule has 3 heterocycles. The molecule has 8 heteroatoms. The van der Waals surface area contributed by atoms with Gasteiger partial charge in [-0.05, 0) is 38.0 Å². The molecule has 0 atom stereocenters. The molecular formula is C19H22N6O2. The summed E-state index contributed by atoms with van der Waals surface area (Å²) >= 11 is 0. The zero-order chi connectivity index (χ0) is 19.1. The van der Waals surface area contributed by atoms with Gasteiger partial charge in [-0.3, -0.25) is 9.59 Å². The number of nitrogens with one attached hydrogen (secondary N) is 1. The Morgan fingerprint density at radius 3 is 2.59 bits per heavy atom. The number of hydrogen-bond donors (Lipinski definition) is 1. The monoisotopic (exact) mass is 366 g/mol. The Bertz CT molecular complexity index is 1080. The number of H-pyrrole nitrogens is 1. The van der Waals surface area contributed by atoms with Gasteiger partial charge < -0.3 is 14.8 Å². The van der Waals surface area contributed by atoms with Crippen molar-refractivity contribution in [3.63, 3.8) is 0 Å². The Balaban J connectivity index is 1.54. The van der Waals surface area contributed by atoms with Crippen molar-refractivity contribution in [3.8, 4) is 0 Å². The van der Waals surface area contributed by atoms with Crippen LogP contribution in [0.3, 0.4) is 0 Å². The van der Waals surface area contributed by atoms with E-state index in [0.29, 0.717) is 18.8 Å². The topological polar surface area (TPSA) is 86.6 Å². The summed E-state index contributed by atoms with van der Waals surface area (Å²) in [7, 11) is 0. The summed E-state index contributed by atoms with van der Waals surface area (Å²) in [6.07, 6.45) is 1.65. The van der Waals surface area contributed by atoms with E-state index >= 15 is 0 Å². The van der Waals surface area contributed by atoms with Gasteiger partial charge in [0.1, 0.15) is 0 Å². The van der Waals surface area contributed by atoms with E-state index in [9.17, 15) is 9.59 Å². The average molecular weight is 366 g/mol. The minimum Gasteiger partial charge on any atom is -0.368 e. The standard InChI is InChI=1S/C19H22N6O2/c1-12-4-5-13(2)15(10-12)23-6-8-24(9-7-23)19(27)16-17-18(26)20-14(3)11-25(17)22-21-16/h4-5,10-11H,6-9H2,1-3H3,(H,20,26). The second-order valence-corrected chi connectivity index (χ2v) is 7.07. The van der Waals surface area contributed by atoms with E-state index in [-0.39, 0.29) is 22.7 Å². The maximum absolute atomic E-state index is 12.9. The van der Waals surface area contributed by atoms with Crippen LogP contribution in [-0.2, 0) is 0 Å². The highest BCUT2D eigenvalue weighted by molar-refractivity contribution is 5.98. The van der Waals surface area contributed by atoms with E-state index in [4.69, 9.17) is 0 Å². The summed E-state index contributed by atoms with van der Waals surface area (Å²) in [6.45, 7) is 8.58. The van der Waals surface area contributed by atoms with Gasteiger partial charge in [0, 0.05) is 37.6 Å². The Kier molecular flexibility index (Phi) is 4.18. The normalized spacial score (nSPS) is 14.8. The first-order valence-electron chi connectivity index (χ1n) is 9.00. The van der Waals surface area contributed by atoms with Crippen LogP contribution in [0.25, 0.3) is 5.52 Å². The lowest BCUT2D eigenvalue weighted by molar-refractivity contribution is 0.0742. The first-order chi connectivity index (χ1) is 12.9. The van der Waals surface area contributed by atoms with E-state index in [1.54, 1.807) is 18.0 Å². The number of amides is 1. The molecule has 1 fully saturated rings. The van der Waals surface area contributed by atoms with Crippen LogP contribution < -0.4 is 10.5 Å². The predicted molar refractivity (Wildman–Crippen MR) is 102 cm³/mol. The van der Waals surface area contributed by atoms with Gasteiger partial charge in [-0.2, -0.15) is 0 Å². The summed E-state index contributed by atoms with van der Waals surface area (Å²) in [5.74, 6) is -0.250. The van der Waals surface area contributed by atoms with Crippen molar-refractivity contribution in [2.45, 2.75) is 20.8 Å². The second kappa shape index (κ2) is 6.53. The van der Waals surface area contributed by atoms with Crippen molar-refractivity contribution in [1.29, 1.82) is 0 Å². The summed E-state index contributed by atoms with van der Waals surface area (Å²) in [5, 5.41) is 7.89. The summed E-state index contributed by atoms with van der Waals surface area (Å²) in [5.41, 5.74) is 4.28. The van der Waals surface area contributed by atoms with Crippen molar-refractivity contribution >= 4 is 17.1 Å². The largest absolute Gasteiger partial charge is 0.368 e. The van der Waals surface area contributed by atoms with Crippen LogP contribution in [0.1, 0.15) is 27.3 Å². The minimum atomic E-state index is -0.350. The van der Waals surface area contributed by atoms with Crippen molar-refractivity contribution in [2.24, 2.45) is 0 Å². The zero-order valence-corrected chi connectivity index (χ0v) is 15.7. The van der Waals surface area contributed by atoms with Crippen LogP contribution in [0.2, 0.25) is 0 Å². The molecule has 1 saturated heterocycles. The molecule has 0 aliphatic carbocycles. The van der Waals surface area contributed by atoms with Gasteiger partial charge in [-0.25, -0.2) is 4.52 Å². The molecule has 1 aliphatic heterocycles. The van der Waals surface area contributed by atoms with Crippen molar-refractivity contribution in [1.82, 2.24) is 24.7 Å². The number of fused-ring (bicyclic) bond motifs is 1. The maximum atomic E-state index is 12.9. The number of nitrogens with zero attached hydrogens (tertiary/aromatic N) is 5. The fourth-order valence-electron chi connectivity index (χ4n) is 3.55. The molecule has 1 aromatic carbocycles. The number of benzene rings is 1. The number of aromatic amines is 1. The van der Waals surface area contributed by atoms with Gasteiger partial charge in [-0.1, -0.05) is 17.3 Å². The lowest BCUT2D eigenvalue weighted by Crippen LogP contribution is -2.49. The van der Waals surface area contributed by atoms with Crippen LogP contribution >= 0.6 is 0 Å². The van der Waals surface area contributed by atoms with Crippen LogP contribution in [0.4, 0.5) is 5.69 Å². The number of anilines is 1. The highest BCUT2D eigenvalue weighted by atomic mass is 16.2. The molecule has 1 aliphatic rings. The number of aromatic nitrogens is 4. The molecule has 1 amide bonds. The molecule has 0 unspecified atom stereocenters. The third-order valence-corrected chi connectivity index (χ3v) is 5.01. The number of piperazine rings is 1. The fraction of sp³-hybridized carbons (Fsp3) is 0.368. The van der Waals surface area contributed by atoms with Crippen LogP contribution in [0.5, 0.6) is 0 Å². The third-order valence-electron chi connectivity index (χ3n) is 5.01. The number of carbonyl (C=O) groups is 1. The lowest BCUT2D eigenvalue weighted by Gasteiger charge is -2.36. The molecule has 4 rings (SSSR count). The Hall–Kier alpha value is -3.16. The third kappa shape index (κ3) is 3.07. The van der Waals surface area contributed by atoms with Gasteiger partial charge in [0.25, 0.3) is 11.5 Å². The average Bonchev–Trinajstić information content (AvgIpc) is 3.07. The number of rotatable bonds is 2. The highest BCUT2D eigenvalue weighted by Gasteiger charge is 2.27. The van der Waals surface area contributed by atoms with Gasteiger partial charge in [0.15, 0.2) is 11.2 Å². The molecular weight excluding hydrogens is 344 g/mol. The second-order valence-electron chi connectivity index (χ2n) is 7.07. The highest BCUT2D eigenvalue weighted by Crippen LogP contribution is 2.23. The molecule has 1 N–H and O–H groups in total. The van der Waals surface area contributed by atoms with Gasteiger partial charge >= 0.3 is 0 Å². The lowest BCUT2D eigenvalue weighted by atomic mass is 10.1. The Labute approximate surface area is 156 Å². The molecule has 0 spiro atoms. The van der Waals surface area contributed by atoms with E-state index in [1.807, 2.05) is 0 Å². The quantitative estimate of drug-likeness (QED) is 0.739. The number of aryl methyl sites for hydroxylation is 3. The van der Waals surface area contributed by atoms with Crippen molar-refractivity contribution < 1.29 is 4.79 Å². The summed E-state index contributed by atoms with van der Waals surface area (Å²) < 4.78 is 1.37. The van der Waals surface area contributed by atoms with Gasteiger partial charge in [0.2, 0.25) is 0 Å². The molecule has 27 heavy (non-hydrogen) atoms. The molecule has 8 nitrogen and oxygen atoms in total. The number of carbonyl (C=O) groups excluding carboxylic acids is 1. The molecule has 0 bridgehead atoms. The zero-order valence-electron chi connectivity index (χ0n) is 15.7. The van der Waals surface area contributed by atoms with Gasteiger partial charge in [0.05, 0.1) is 6.20 Å². The maximum Gasteiger partial charge on any atom is 0.277 e. The number of hydrogen-bond acceptors (Lipinski definition) is 5. The van der Waals surface area contributed by atoms with Crippen molar-refractivity contribution in [2.75, 3.05) is 31.1 Å². The van der Waals surface area contributed by atoms with E-state index in [0.717, 1.165) is 13.1 Å². The van der Waals surface area contributed by atoms with E-state index in [1.165, 1.54) is 21.3 Å². The smallest absolute Gasteiger partial charge is 0.277 e. The summed E-state index contributed by atoms with van der Waals surface area (Å²) in [4.78, 5) is 31.9. The van der Waals surface area contributed by atoms with E-state index in [2.05, 4.69) is 52.2 Å². The van der Waals surface area contributed by atoms with E-state index < -0.39 is 0 Å². The SMILES string of the molecule is Cc1ccc(C)c(N2CCN(C(=O)c3nnn4cc(C)[nH]c(=O)c34)CC2)c1. The van der Waals surface area contributed by atoms with Crippen molar-refractivity contribution in [3.05, 3.63) is 57.3 Å². The Morgan fingerprint density at radius 1 is 1.11 bits per heavy atom. The predicted octanol–water partition coefficient (Wildman–Crippen LogP) is 1.31. The molecule has 3 aromatic rings. The fourth-order valence-corrected chi connectivity index (χ4v) is 3.55. The van der Waals surface area contributed by atoms with Crippen LogP contribution in [0, 0.1) is 20.8 Å². The molecule has 140 valence electrons. The van der Waals surface area contributed by atoms with Crippen LogP contribution in [-0.4, -0.2) is 56.8 Å². The summed E-state index contributed by atoms with van der Waals surface area (Å²) in [6, 6.07) is 6.41. The first kappa shape index (κ1) is 17.3. The first-order valence-corrected chi connectivity index (χ1v) is 9.00. The minimum absolute atomic E-state index is 0.108.